The summed E-state index contributed by atoms with van der Waals surface area (Å²) in [5.74, 6) is -1.19. The first kappa shape index (κ1) is 21.6. The molecule has 32 heavy (non-hydrogen) atoms. The largest absolute Gasteiger partial charge is 0.346 e. The van der Waals surface area contributed by atoms with Crippen molar-refractivity contribution in [1.29, 1.82) is 0 Å². The number of nitrogens with zero attached hydrogens (tertiary/aromatic N) is 3. The van der Waals surface area contributed by atoms with Crippen molar-refractivity contribution < 1.29 is 18.8 Å². The highest BCUT2D eigenvalue weighted by molar-refractivity contribution is 7.13. The third-order valence-corrected chi connectivity index (χ3v) is 6.19. The minimum absolute atomic E-state index is 0.0882. The molecule has 3 aromatic rings. The van der Waals surface area contributed by atoms with E-state index in [1.165, 1.54) is 12.1 Å². The Morgan fingerprint density at radius 2 is 1.88 bits per heavy atom. The standard InChI is InChI=1S/C22H20FN5O3S/c1-13-5-3-4-6-16(13)22(2)20(30)28(21(31)25-22)12-17-26-27-19(32-17)18(29)24-11-14-7-9-15(23)10-8-14/h3-10H,11-12H2,1-2H3,(H,24,29)(H,25,31). The first-order valence-corrected chi connectivity index (χ1v) is 10.6. The van der Waals surface area contributed by atoms with Crippen molar-refractivity contribution in [3.8, 4) is 0 Å². The third-order valence-electron chi connectivity index (χ3n) is 5.28. The number of aryl methyl sites for hydroxylation is 1. The molecule has 0 radical (unpaired) electrons. The van der Waals surface area contributed by atoms with Gasteiger partial charge in [-0.05, 0) is 42.7 Å². The molecule has 1 fully saturated rings. The Labute approximate surface area is 187 Å². The van der Waals surface area contributed by atoms with Crippen molar-refractivity contribution in [3.05, 3.63) is 81.1 Å². The van der Waals surface area contributed by atoms with Crippen LogP contribution >= 0.6 is 11.3 Å². The molecule has 0 aliphatic carbocycles. The number of urea groups is 1. The third kappa shape index (κ3) is 4.09. The van der Waals surface area contributed by atoms with Gasteiger partial charge in [0.2, 0.25) is 5.01 Å². The van der Waals surface area contributed by atoms with Crippen LogP contribution in [0, 0.1) is 12.7 Å². The highest BCUT2D eigenvalue weighted by atomic mass is 32.1. The van der Waals surface area contributed by atoms with E-state index in [1.54, 1.807) is 19.1 Å². The van der Waals surface area contributed by atoms with Crippen LogP contribution in [-0.2, 0) is 23.4 Å². The topological polar surface area (TPSA) is 104 Å². The normalized spacial score (nSPS) is 18.0. The highest BCUT2D eigenvalue weighted by Gasteiger charge is 2.49. The smallest absolute Gasteiger partial charge is 0.325 e. The van der Waals surface area contributed by atoms with Gasteiger partial charge in [-0.25, -0.2) is 9.18 Å². The van der Waals surface area contributed by atoms with Gasteiger partial charge in [-0.1, -0.05) is 47.7 Å². The van der Waals surface area contributed by atoms with Crippen molar-refractivity contribution in [2.24, 2.45) is 0 Å². The van der Waals surface area contributed by atoms with Crippen LogP contribution in [0.2, 0.25) is 0 Å². The summed E-state index contributed by atoms with van der Waals surface area (Å²) in [6.45, 7) is 3.67. The molecular formula is C22H20FN5O3S. The van der Waals surface area contributed by atoms with Crippen LogP contribution in [0.4, 0.5) is 9.18 Å². The zero-order chi connectivity index (χ0) is 22.9. The van der Waals surface area contributed by atoms with Gasteiger partial charge in [-0.2, -0.15) is 0 Å². The van der Waals surface area contributed by atoms with Crippen LogP contribution in [0.1, 0.15) is 38.4 Å². The van der Waals surface area contributed by atoms with Crippen molar-refractivity contribution >= 4 is 29.2 Å². The number of aromatic nitrogens is 2. The fourth-order valence-corrected chi connectivity index (χ4v) is 4.31. The highest BCUT2D eigenvalue weighted by Crippen LogP contribution is 2.32. The molecule has 164 valence electrons. The first-order valence-electron chi connectivity index (χ1n) is 9.83. The van der Waals surface area contributed by atoms with Gasteiger partial charge < -0.3 is 10.6 Å². The molecule has 10 heteroatoms. The predicted octanol–water partition coefficient (Wildman–Crippen LogP) is 2.88. The quantitative estimate of drug-likeness (QED) is 0.559. The fourth-order valence-electron chi connectivity index (χ4n) is 3.56. The molecule has 1 saturated heterocycles. The second-order valence-corrected chi connectivity index (χ2v) is 8.63. The molecule has 2 aromatic carbocycles. The van der Waals surface area contributed by atoms with E-state index in [1.807, 2.05) is 31.2 Å². The van der Waals surface area contributed by atoms with Gasteiger partial charge in [0.1, 0.15) is 16.4 Å². The molecule has 8 nitrogen and oxygen atoms in total. The molecule has 4 rings (SSSR count). The Morgan fingerprint density at radius 3 is 2.59 bits per heavy atom. The number of carbonyl (C=O) groups is 3. The molecule has 1 aromatic heterocycles. The summed E-state index contributed by atoms with van der Waals surface area (Å²) in [6, 6.07) is 12.6. The fraction of sp³-hybridized carbons (Fsp3) is 0.227. The lowest BCUT2D eigenvalue weighted by molar-refractivity contribution is -0.131. The SMILES string of the molecule is Cc1ccccc1C1(C)NC(=O)N(Cc2nnc(C(=O)NCc3ccc(F)cc3)s2)C1=O. The second-order valence-electron chi connectivity index (χ2n) is 7.57. The first-order chi connectivity index (χ1) is 15.3. The maximum atomic E-state index is 13.1. The summed E-state index contributed by atoms with van der Waals surface area (Å²) in [5, 5.41) is 13.7. The Balaban J connectivity index is 1.43. The zero-order valence-corrected chi connectivity index (χ0v) is 18.2. The molecule has 0 spiro atoms. The van der Waals surface area contributed by atoms with E-state index in [2.05, 4.69) is 20.8 Å². The second kappa shape index (κ2) is 8.46. The van der Waals surface area contributed by atoms with Gasteiger partial charge in [0.15, 0.2) is 0 Å². The van der Waals surface area contributed by atoms with E-state index >= 15 is 0 Å². The van der Waals surface area contributed by atoms with E-state index in [4.69, 9.17) is 0 Å². The maximum Gasteiger partial charge on any atom is 0.325 e. The molecular weight excluding hydrogens is 433 g/mol. The predicted molar refractivity (Wildman–Crippen MR) is 115 cm³/mol. The van der Waals surface area contributed by atoms with Crippen LogP contribution in [0.25, 0.3) is 0 Å². The summed E-state index contributed by atoms with van der Waals surface area (Å²) >= 11 is 1.00. The van der Waals surface area contributed by atoms with Crippen molar-refractivity contribution in [1.82, 2.24) is 25.7 Å². The van der Waals surface area contributed by atoms with E-state index in [0.717, 1.165) is 32.9 Å². The van der Waals surface area contributed by atoms with Crippen molar-refractivity contribution in [2.75, 3.05) is 0 Å². The minimum atomic E-state index is -1.18. The summed E-state index contributed by atoms with van der Waals surface area (Å²) in [5.41, 5.74) is 1.17. The van der Waals surface area contributed by atoms with Crippen LogP contribution in [-0.4, -0.2) is 32.9 Å². The number of rotatable bonds is 6. The maximum absolute atomic E-state index is 13.1. The lowest BCUT2D eigenvalue weighted by atomic mass is 9.88. The number of carbonyl (C=O) groups excluding carboxylic acids is 3. The van der Waals surface area contributed by atoms with Crippen LogP contribution in [0.5, 0.6) is 0 Å². The Hall–Kier alpha value is -3.66. The lowest BCUT2D eigenvalue weighted by Gasteiger charge is -2.23. The van der Waals surface area contributed by atoms with Crippen molar-refractivity contribution in [2.45, 2.75) is 32.5 Å². The molecule has 1 unspecified atom stereocenters. The van der Waals surface area contributed by atoms with Gasteiger partial charge in [-0.15, -0.1) is 10.2 Å². The summed E-state index contributed by atoms with van der Waals surface area (Å²) in [4.78, 5) is 39.1. The summed E-state index contributed by atoms with van der Waals surface area (Å²) in [6.07, 6.45) is 0. The number of hydrogen-bond acceptors (Lipinski definition) is 6. The Bertz CT molecular complexity index is 1200. The monoisotopic (exact) mass is 453 g/mol. The molecule has 0 saturated carbocycles. The number of hydrogen-bond donors (Lipinski definition) is 2. The van der Waals surface area contributed by atoms with Gasteiger partial charge in [0.05, 0.1) is 6.54 Å². The van der Waals surface area contributed by atoms with Crippen LogP contribution in [0.3, 0.4) is 0 Å². The molecule has 1 atom stereocenters. The number of amides is 4. The van der Waals surface area contributed by atoms with E-state index < -0.39 is 23.4 Å². The van der Waals surface area contributed by atoms with Gasteiger partial charge in [-0.3, -0.25) is 14.5 Å². The average Bonchev–Trinajstić information content (AvgIpc) is 3.33. The van der Waals surface area contributed by atoms with Gasteiger partial charge >= 0.3 is 6.03 Å². The Kier molecular flexibility index (Phi) is 5.70. The van der Waals surface area contributed by atoms with Crippen molar-refractivity contribution in [3.63, 3.8) is 0 Å². The van der Waals surface area contributed by atoms with E-state index in [9.17, 15) is 18.8 Å². The summed E-state index contributed by atoms with van der Waals surface area (Å²) in [7, 11) is 0. The van der Waals surface area contributed by atoms with Crippen LogP contribution < -0.4 is 10.6 Å². The van der Waals surface area contributed by atoms with E-state index in [0.29, 0.717) is 5.01 Å². The zero-order valence-electron chi connectivity index (χ0n) is 17.4. The molecule has 2 N–H and O–H groups in total. The summed E-state index contributed by atoms with van der Waals surface area (Å²) < 4.78 is 13.0. The molecule has 4 amide bonds. The minimum Gasteiger partial charge on any atom is -0.346 e. The van der Waals surface area contributed by atoms with Crippen LogP contribution in [0.15, 0.2) is 48.5 Å². The molecule has 1 aliphatic rings. The van der Waals surface area contributed by atoms with E-state index in [-0.39, 0.29) is 23.9 Å². The Morgan fingerprint density at radius 1 is 1.16 bits per heavy atom. The van der Waals surface area contributed by atoms with Gasteiger partial charge in [0, 0.05) is 6.54 Å². The number of imide groups is 1. The lowest BCUT2D eigenvalue weighted by Crippen LogP contribution is -2.41. The number of halogens is 1. The average molecular weight is 453 g/mol. The molecule has 2 heterocycles. The number of nitrogens with one attached hydrogen (secondary N) is 2. The number of benzene rings is 2. The molecule has 1 aliphatic heterocycles. The van der Waals surface area contributed by atoms with Gasteiger partial charge in [0.25, 0.3) is 11.8 Å². The molecule has 0 bridgehead atoms.